The highest BCUT2D eigenvalue weighted by atomic mass is 28.3. The minimum atomic E-state index is -3.14. The van der Waals surface area contributed by atoms with Gasteiger partial charge in [-0.2, -0.15) is 10.5 Å². The fourth-order valence-electron chi connectivity index (χ4n) is 7.46. The summed E-state index contributed by atoms with van der Waals surface area (Å²) in [6, 6.07) is 65.9. The number of rotatable bonds is 6. The number of benzene rings is 7. The van der Waals surface area contributed by atoms with Gasteiger partial charge >= 0.3 is 0 Å². The Kier molecular flexibility index (Phi) is 7.27. The van der Waals surface area contributed by atoms with Gasteiger partial charge in [-0.25, -0.2) is 0 Å². The fourth-order valence-corrected chi connectivity index (χ4v) is 12.6. The maximum absolute atomic E-state index is 10.9. The molecule has 0 fully saturated rings. The third-order valence-electron chi connectivity index (χ3n) is 9.43. The monoisotopic (exact) mass is 627 g/mol. The van der Waals surface area contributed by atoms with Gasteiger partial charge in [0.25, 0.3) is 0 Å². The molecule has 8 rings (SSSR count). The lowest BCUT2D eigenvalue weighted by atomic mass is 9.97. The van der Waals surface area contributed by atoms with Crippen LogP contribution in [0.25, 0.3) is 38.6 Å². The van der Waals surface area contributed by atoms with Crippen LogP contribution in [0.5, 0.6) is 0 Å². The predicted octanol–water partition coefficient (Wildman–Crippen LogP) is 7.57. The molecule has 4 heteroatoms. The lowest BCUT2D eigenvalue weighted by molar-refractivity contribution is 1.18. The molecule has 0 amide bonds. The van der Waals surface area contributed by atoms with Crippen LogP contribution in [0.3, 0.4) is 0 Å². The number of hydrogen-bond acceptors (Lipinski definition) is 2. The molecule has 0 aliphatic carbocycles. The van der Waals surface area contributed by atoms with Crippen molar-refractivity contribution in [3.63, 3.8) is 0 Å². The molecule has 0 aliphatic heterocycles. The van der Waals surface area contributed by atoms with Crippen LogP contribution in [0, 0.1) is 22.7 Å². The minimum absolute atomic E-state index is 0.563. The zero-order valence-corrected chi connectivity index (χ0v) is 27.1. The highest BCUT2D eigenvalue weighted by Gasteiger charge is 2.44. The van der Waals surface area contributed by atoms with E-state index in [2.05, 4.69) is 150 Å². The molecule has 0 unspecified atom stereocenters. The molecule has 0 bridgehead atoms. The third kappa shape index (κ3) is 4.48. The summed E-state index contributed by atoms with van der Waals surface area (Å²) in [7, 11) is -3.14. The molecule has 48 heavy (non-hydrogen) atoms. The molecule has 8 aromatic rings. The van der Waals surface area contributed by atoms with Gasteiger partial charge in [-0.1, -0.05) is 140 Å². The van der Waals surface area contributed by atoms with Crippen LogP contribution in [0.2, 0.25) is 0 Å². The lowest BCUT2D eigenvalue weighted by Crippen LogP contribution is -2.75. The standard InChI is InChI=1S/C44H29N3Si/c45-30-32-27-28-34(47-42-25-12-10-22-38(42)39-23-11-13-26-43(39)47)29-41(32)40-24-14-15-33(31-46)44(40)48(35-16-4-1-5-17-35,36-18-6-2-7-19-36)37-20-8-3-9-21-37/h1-29H. The quantitative estimate of drug-likeness (QED) is 0.141. The van der Waals surface area contributed by atoms with E-state index in [1.54, 1.807) is 0 Å². The maximum atomic E-state index is 10.9. The Bertz CT molecular complexity index is 2370. The third-order valence-corrected chi connectivity index (χ3v) is 14.3. The molecular weight excluding hydrogens is 599 g/mol. The van der Waals surface area contributed by atoms with Crippen molar-refractivity contribution in [1.82, 2.24) is 4.57 Å². The van der Waals surface area contributed by atoms with Crippen molar-refractivity contribution < 1.29 is 0 Å². The Morgan fingerprint density at radius 3 is 1.40 bits per heavy atom. The molecule has 0 N–H and O–H groups in total. The molecular formula is C44H29N3Si. The Morgan fingerprint density at radius 1 is 0.417 bits per heavy atom. The van der Waals surface area contributed by atoms with Crippen LogP contribution in [-0.2, 0) is 0 Å². The smallest absolute Gasteiger partial charge is 0.181 e. The first-order valence-corrected chi connectivity index (χ1v) is 18.0. The van der Waals surface area contributed by atoms with Crippen LogP contribution < -0.4 is 20.7 Å². The topological polar surface area (TPSA) is 52.5 Å². The van der Waals surface area contributed by atoms with Gasteiger partial charge in [-0.3, -0.25) is 0 Å². The summed E-state index contributed by atoms with van der Waals surface area (Å²) in [6.45, 7) is 0. The molecule has 224 valence electrons. The van der Waals surface area contributed by atoms with E-state index < -0.39 is 8.07 Å². The van der Waals surface area contributed by atoms with E-state index in [4.69, 9.17) is 0 Å². The second-order valence-electron chi connectivity index (χ2n) is 11.9. The maximum Gasteiger partial charge on any atom is 0.181 e. The Hall–Kier alpha value is -6.46. The highest BCUT2D eigenvalue weighted by Crippen LogP contribution is 2.34. The normalized spacial score (nSPS) is 11.3. The van der Waals surface area contributed by atoms with Gasteiger partial charge in [0.1, 0.15) is 0 Å². The first-order chi connectivity index (χ1) is 23.8. The van der Waals surface area contributed by atoms with Crippen molar-refractivity contribution in [2.45, 2.75) is 0 Å². The molecule has 0 spiro atoms. The second-order valence-corrected chi connectivity index (χ2v) is 15.6. The molecule has 0 atom stereocenters. The van der Waals surface area contributed by atoms with Crippen molar-refractivity contribution in [2.75, 3.05) is 0 Å². The number of hydrogen-bond donors (Lipinski definition) is 0. The summed E-state index contributed by atoms with van der Waals surface area (Å²) in [5.74, 6) is 0. The fraction of sp³-hybridized carbons (Fsp3) is 0. The Labute approximate surface area is 280 Å². The minimum Gasteiger partial charge on any atom is -0.309 e. The first-order valence-electron chi connectivity index (χ1n) is 16.0. The summed E-state index contributed by atoms with van der Waals surface area (Å²) < 4.78 is 2.28. The molecule has 0 aliphatic rings. The zero-order valence-electron chi connectivity index (χ0n) is 26.1. The highest BCUT2D eigenvalue weighted by molar-refractivity contribution is 7.20. The average molecular weight is 628 g/mol. The van der Waals surface area contributed by atoms with Crippen molar-refractivity contribution >= 4 is 50.6 Å². The molecule has 0 saturated carbocycles. The van der Waals surface area contributed by atoms with Crippen LogP contribution in [0.15, 0.2) is 176 Å². The molecule has 1 aromatic heterocycles. The van der Waals surface area contributed by atoms with Gasteiger partial charge in [0.2, 0.25) is 0 Å². The molecule has 3 nitrogen and oxygen atoms in total. The van der Waals surface area contributed by atoms with E-state index >= 15 is 0 Å². The van der Waals surface area contributed by atoms with Crippen molar-refractivity contribution in [3.8, 4) is 29.0 Å². The Balaban J connectivity index is 1.51. The van der Waals surface area contributed by atoms with E-state index in [1.807, 2.05) is 42.5 Å². The van der Waals surface area contributed by atoms with Crippen LogP contribution in [0.1, 0.15) is 11.1 Å². The van der Waals surface area contributed by atoms with E-state index in [0.717, 1.165) is 33.0 Å². The van der Waals surface area contributed by atoms with Crippen LogP contribution in [0.4, 0.5) is 0 Å². The summed E-state index contributed by atoms with van der Waals surface area (Å²) in [5, 5.41) is 28.3. The van der Waals surface area contributed by atoms with Gasteiger partial charge in [0.15, 0.2) is 8.07 Å². The molecule has 0 radical (unpaired) electrons. The zero-order chi connectivity index (χ0) is 32.5. The van der Waals surface area contributed by atoms with Gasteiger partial charge in [-0.05, 0) is 62.7 Å². The van der Waals surface area contributed by atoms with Crippen LogP contribution in [-0.4, -0.2) is 12.6 Å². The number of aromatic nitrogens is 1. The summed E-state index contributed by atoms with van der Waals surface area (Å²) in [6.07, 6.45) is 0. The van der Waals surface area contributed by atoms with E-state index in [9.17, 15) is 10.5 Å². The first kappa shape index (κ1) is 29.0. The summed E-state index contributed by atoms with van der Waals surface area (Å²) >= 11 is 0. The van der Waals surface area contributed by atoms with Crippen molar-refractivity contribution in [3.05, 3.63) is 187 Å². The average Bonchev–Trinajstić information content (AvgIpc) is 3.51. The van der Waals surface area contributed by atoms with E-state index in [-0.39, 0.29) is 0 Å². The van der Waals surface area contributed by atoms with Crippen molar-refractivity contribution in [2.24, 2.45) is 0 Å². The SMILES string of the molecule is N#Cc1ccc(-n2c3ccccc3c3ccccc32)cc1-c1cccc(C#N)c1[Si](c1ccccc1)(c1ccccc1)c1ccccc1. The van der Waals surface area contributed by atoms with E-state index in [0.29, 0.717) is 11.1 Å². The number of nitriles is 2. The summed E-state index contributed by atoms with van der Waals surface area (Å²) in [4.78, 5) is 0. The lowest BCUT2D eigenvalue weighted by Gasteiger charge is -2.36. The second kappa shape index (κ2) is 12.0. The number of nitrogens with zero attached hydrogens (tertiary/aromatic N) is 3. The van der Waals surface area contributed by atoms with Gasteiger partial charge in [0, 0.05) is 22.0 Å². The predicted molar refractivity (Wildman–Crippen MR) is 199 cm³/mol. The molecule has 0 saturated heterocycles. The van der Waals surface area contributed by atoms with Gasteiger partial charge in [0.05, 0.1) is 34.3 Å². The number of para-hydroxylation sites is 2. The number of fused-ring (bicyclic) bond motifs is 3. The molecule has 1 heterocycles. The molecule has 7 aromatic carbocycles. The van der Waals surface area contributed by atoms with Gasteiger partial charge in [-0.15, -0.1) is 0 Å². The summed E-state index contributed by atoms with van der Waals surface area (Å²) in [5.41, 5.74) is 6.04. The van der Waals surface area contributed by atoms with Crippen molar-refractivity contribution in [1.29, 1.82) is 10.5 Å². The van der Waals surface area contributed by atoms with Crippen LogP contribution >= 0.6 is 0 Å². The largest absolute Gasteiger partial charge is 0.309 e. The Morgan fingerprint density at radius 2 is 0.896 bits per heavy atom. The van der Waals surface area contributed by atoms with E-state index in [1.165, 1.54) is 26.3 Å². The van der Waals surface area contributed by atoms with Gasteiger partial charge < -0.3 is 4.57 Å².